The van der Waals surface area contributed by atoms with Gasteiger partial charge in [-0.2, -0.15) is 0 Å². The lowest BCUT2D eigenvalue weighted by Crippen LogP contribution is -2.43. The van der Waals surface area contributed by atoms with E-state index in [0.717, 1.165) is 12.5 Å². The smallest absolute Gasteiger partial charge is 0.335 e. The number of benzene rings is 1. The summed E-state index contributed by atoms with van der Waals surface area (Å²) >= 11 is 0. The molecule has 5 nitrogen and oxygen atoms in total. The van der Waals surface area contributed by atoms with Crippen molar-refractivity contribution in [2.45, 2.75) is 59.0 Å². The highest BCUT2D eigenvalue weighted by Crippen LogP contribution is 2.67. The van der Waals surface area contributed by atoms with Gasteiger partial charge < -0.3 is 20.8 Å². The van der Waals surface area contributed by atoms with Gasteiger partial charge in [0.2, 0.25) is 0 Å². The molecule has 2 bridgehead atoms. The van der Waals surface area contributed by atoms with E-state index in [-0.39, 0.29) is 17.1 Å². The normalized spacial score (nSPS) is 33.9. The third kappa shape index (κ3) is 3.79. The zero-order valence-electron chi connectivity index (χ0n) is 17.5. The molecule has 1 heterocycles. The Morgan fingerprint density at radius 2 is 1.75 bits per heavy atom. The number of carboxylic acids is 1. The van der Waals surface area contributed by atoms with Gasteiger partial charge in [0.25, 0.3) is 0 Å². The number of hydrogen-bond acceptors (Lipinski definition) is 4. The van der Waals surface area contributed by atoms with Gasteiger partial charge in [-0.05, 0) is 79.8 Å². The first-order chi connectivity index (χ1) is 13.2. The van der Waals surface area contributed by atoms with Gasteiger partial charge in [0, 0.05) is 18.2 Å². The highest BCUT2D eigenvalue weighted by Gasteiger charge is 2.65. The molecule has 3 fully saturated rings. The van der Waals surface area contributed by atoms with Crippen molar-refractivity contribution in [1.82, 2.24) is 4.90 Å². The molecule has 0 spiro atoms. The summed E-state index contributed by atoms with van der Waals surface area (Å²) in [6.45, 7) is 10.8. The Morgan fingerprint density at radius 1 is 1.14 bits per heavy atom. The van der Waals surface area contributed by atoms with E-state index >= 15 is 0 Å². The minimum atomic E-state index is -0.931. The molecule has 4 N–H and O–H groups in total. The van der Waals surface area contributed by atoms with Crippen LogP contribution in [0.4, 0.5) is 5.69 Å². The van der Waals surface area contributed by atoms with Crippen LogP contribution in [0.2, 0.25) is 0 Å². The van der Waals surface area contributed by atoms with Crippen LogP contribution < -0.4 is 5.73 Å². The van der Waals surface area contributed by atoms with E-state index in [0.29, 0.717) is 17.0 Å². The van der Waals surface area contributed by atoms with E-state index in [2.05, 4.69) is 25.7 Å². The maximum absolute atomic E-state index is 10.8. The highest BCUT2D eigenvalue weighted by molar-refractivity contribution is 5.87. The van der Waals surface area contributed by atoms with Crippen LogP contribution >= 0.6 is 0 Å². The SMILES string of the molecule is CC1(C)C2CCC1(C)C(O)C2CN1CCCCC1.Nc1ccc(C(=O)O)cc1. The van der Waals surface area contributed by atoms with E-state index in [1.807, 2.05) is 0 Å². The third-order valence-corrected chi connectivity index (χ3v) is 8.02. The first-order valence-corrected chi connectivity index (χ1v) is 10.7. The number of rotatable bonds is 3. The average Bonchev–Trinajstić information content (AvgIpc) is 2.97. The fraction of sp³-hybridized carbons (Fsp3) is 0.696. The van der Waals surface area contributed by atoms with Crippen molar-refractivity contribution >= 4 is 11.7 Å². The fourth-order valence-corrected chi connectivity index (χ4v) is 5.83. The topological polar surface area (TPSA) is 86.8 Å². The molecule has 1 aromatic rings. The summed E-state index contributed by atoms with van der Waals surface area (Å²) < 4.78 is 0. The van der Waals surface area contributed by atoms with Crippen LogP contribution in [0.1, 0.15) is 63.2 Å². The summed E-state index contributed by atoms with van der Waals surface area (Å²) in [6, 6.07) is 6.06. The van der Waals surface area contributed by atoms with Gasteiger partial charge in [-0.1, -0.05) is 27.2 Å². The molecule has 28 heavy (non-hydrogen) atoms. The Hall–Kier alpha value is -1.59. The summed E-state index contributed by atoms with van der Waals surface area (Å²) in [6.07, 6.45) is 6.59. The second-order valence-corrected chi connectivity index (χ2v) is 9.68. The molecule has 2 aliphatic carbocycles. The third-order valence-electron chi connectivity index (χ3n) is 8.02. The lowest BCUT2D eigenvalue weighted by molar-refractivity contribution is -0.0196. The van der Waals surface area contributed by atoms with Crippen molar-refractivity contribution in [2.75, 3.05) is 25.4 Å². The van der Waals surface area contributed by atoms with Crippen molar-refractivity contribution in [3.05, 3.63) is 29.8 Å². The molecule has 1 saturated heterocycles. The number of nitrogen functional groups attached to an aromatic ring is 1. The number of piperidine rings is 1. The van der Waals surface area contributed by atoms with E-state index in [4.69, 9.17) is 10.8 Å². The summed E-state index contributed by atoms with van der Waals surface area (Å²) in [4.78, 5) is 12.9. The van der Waals surface area contributed by atoms with Crippen molar-refractivity contribution in [2.24, 2.45) is 22.7 Å². The second kappa shape index (κ2) is 8.03. The molecular weight excluding hydrogens is 352 g/mol. The number of nitrogens with two attached hydrogens (primary N) is 1. The maximum Gasteiger partial charge on any atom is 0.335 e. The molecule has 156 valence electrons. The van der Waals surface area contributed by atoms with Crippen molar-refractivity contribution in [1.29, 1.82) is 0 Å². The molecule has 3 aliphatic rings. The van der Waals surface area contributed by atoms with Crippen molar-refractivity contribution in [3.63, 3.8) is 0 Å². The number of anilines is 1. The van der Waals surface area contributed by atoms with Crippen LogP contribution in [-0.4, -0.2) is 46.8 Å². The molecule has 4 unspecified atom stereocenters. The lowest BCUT2D eigenvalue weighted by atomic mass is 9.70. The summed E-state index contributed by atoms with van der Waals surface area (Å²) in [5.41, 5.74) is 6.66. The Kier molecular flexibility index (Phi) is 6.06. The fourth-order valence-electron chi connectivity index (χ4n) is 5.83. The molecule has 5 heteroatoms. The molecule has 4 rings (SSSR count). The number of aliphatic hydroxyl groups is 1. The molecule has 0 aromatic heterocycles. The zero-order valence-corrected chi connectivity index (χ0v) is 17.5. The van der Waals surface area contributed by atoms with E-state index in [1.54, 1.807) is 12.1 Å². The van der Waals surface area contributed by atoms with E-state index < -0.39 is 5.97 Å². The molecule has 2 saturated carbocycles. The van der Waals surface area contributed by atoms with E-state index in [9.17, 15) is 9.90 Å². The summed E-state index contributed by atoms with van der Waals surface area (Å²) in [5, 5.41) is 19.2. The van der Waals surface area contributed by atoms with Gasteiger partial charge in [-0.3, -0.25) is 0 Å². The summed E-state index contributed by atoms with van der Waals surface area (Å²) in [5.74, 6) is 0.330. The van der Waals surface area contributed by atoms with Gasteiger partial charge in [0.15, 0.2) is 0 Å². The average molecular weight is 389 g/mol. The molecule has 0 radical (unpaired) electrons. The number of carboxylic acid groups (broad SMARTS) is 1. The standard InChI is InChI=1S/C16H29NO.C7H7NO2/c1-15(2)13-7-8-16(15,3)14(18)12(13)11-17-9-5-4-6-10-17;8-6-3-1-5(2-4-6)7(9)10/h12-14,18H,4-11H2,1-3H3;1-4H,8H2,(H,9,10). The molecule has 0 amide bonds. The minimum absolute atomic E-state index is 0.0758. The quantitative estimate of drug-likeness (QED) is 0.684. The molecule has 1 aromatic carbocycles. The second-order valence-electron chi connectivity index (χ2n) is 9.68. The van der Waals surface area contributed by atoms with Crippen molar-refractivity contribution in [3.8, 4) is 0 Å². The van der Waals surface area contributed by atoms with Gasteiger partial charge >= 0.3 is 5.97 Å². The number of aliphatic hydroxyl groups excluding tert-OH is 1. The van der Waals surface area contributed by atoms with Gasteiger partial charge in [-0.15, -0.1) is 0 Å². The Morgan fingerprint density at radius 3 is 2.25 bits per heavy atom. The van der Waals surface area contributed by atoms with Crippen LogP contribution in [0, 0.1) is 22.7 Å². The molecule has 1 aliphatic heterocycles. The number of nitrogens with zero attached hydrogens (tertiary/aromatic N) is 1. The maximum atomic E-state index is 10.8. The van der Waals surface area contributed by atoms with Gasteiger partial charge in [0.1, 0.15) is 0 Å². The zero-order chi connectivity index (χ0) is 20.5. The first kappa shape index (κ1) is 21.1. The monoisotopic (exact) mass is 388 g/mol. The Bertz CT molecular complexity index is 682. The van der Waals surface area contributed by atoms with Gasteiger partial charge in [0.05, 0.1) is 11.7 Å². The largest absolute Gasteiger partial charge is 0.478 e. The van der Waals surface area contributed by atoms with E-state index in [1.165, 1.54) is 57.3 Å². The molecule has 4 atom stereocenters. The number of hydrogen-bond donors (Lipinski definition) is 3. The lowest BCUT2D eigenvalue weighted by Gasteiger charge is -2.38. The van der Waals surface area contributed by atoms with Crippen molar-refractivity contribution < 1.29 is 15.0 Å². The number of fused-ring (bicyclic) bond motifs is 2. The van der Waals surface area contributed by atoms with Gasteiger partial charge in [-0.25, -0.2) is 4.79 Å². The number of carbonyl (C=O) groups is 1. The predicted molar refractivity (Wildman–Crippen MR) is 112 cm³/mol. The number of likely N-dealkylation sites (tertiary alicyclic amines) is 1. The summed E-state index contributed by atoms with van der Waals surface area (Å²) in [7, 11) is 0. The van der Waals surface area contributed by atoms with Crippen LogP contribution in [0.15, 0.2) is 24.3 Å². The highest BCUT2D eigenvalue weighted by atomic mass is 16.4. The Balaban J connectivity index is 0.000000192. The number of aromatic carboxylic acids is 1. The van der Waals surface area contributed by atoms with Crippen LogP contribution in [0.3, 0.4) is 0 Å². The minimum Gasteiger partial charge on any atom is -0.478 e. The molecular formula is C23H36N2O3. The predicted octanol–water partition coefficient (Wildman–Crippen LogP) is 3.87. The Labute approximate surface area is 168 Å². The van der Waals surface area contributed by atoms with Crippen LogP contribution in [0.5, 0.6) is 0 Å². The van der Waals surface area contributed by atoms with Crippen LogP contribution in [0.25, 0.3) is 0 Å². The first-order valence-electron chi connectivity index (χ1n) is 10.7. The van der Waals surface area contributed by atoms with Crippen LogP contribution in [-0.2, 0) is 0 Å².